The van der Waals surface area contributed by atoms with E-state index in [0.717, 1.165) is 12.2 Å². The molecule has 2 amide bonds. The van der Waals surface area contributed by atoms with E-state index >= 15 is 0 Å². The topological polar surface area (TPSA) is 72.9 Å². The molecule has 3 rings (SSSR count). The zero-order valence-corrected chi connectivity index (χ0v) is 14.3. The molecule has 1 saturated heterocycles. The Labute approximate surface area is 146 Å². The zero-order valence-electron chi connectivity index (χ0n) is 14.3. The maximum absolute atomic E-state index is 12.5. The SMILES string of the molecule is COc1cccc(NC(=O)N2CC[C@H](Oc3ccncc3)C2)c1OC. The first kappa shape index (κ1) is 16.9. The molecule has 0 radical (unpaired) electrons. The van der Waals surface area contributed by atoms with Crippen LogP contribution in [-0.2, 0) is 0 Å². The van der Waals surface area contributed by atoms with Crippen LogP contribution in [0.3, 0.4) is 0 Å². The Morgan fingerprint density at radius 1 is 1.20 bits per heavy atom. The minimum Gasteiger partial charge on any atom is -0.493 e. The molecule has 25 heavy (non-hydrogen) atoms. The predicted octanol–water partition coefficient (Wildman–Crippen LogP) is 2.78. The smallest absolute Gasteiger partial charge is 0.322 e. The minimum absolute atomic E-state index is 0.0274. The summed E-state index contributed by atoms with van der Waals surface area (Å²) in [7, 11) is 3.10. The highest BCUT2D eigenvalue weighted by atomic mass is 16.5. The summed E-state index contributed by atoms with van der Waals surface area (Å²) in [5.74, 6) is 1.83. The molecule has 7 heteroatoms. The van der Waals surface area contributed by atoms with Crippen molar-refractivity contribution in [2.45, 2.75) is 12.5 Å². The van der Waals surface area contributed by atoms with Crippen molar-refractivity contribution in [3.63, 3.8) is 0 Å². The van der Waals surface area contributed by atoms with Crippen molar-refractivity contribution in [1.82, 2.24) is 9.88 Å². The molecule has 1 aliphatic heterocycles. The van der Waals surface area contributed by atoms with Gasteiger partial charge in [0.2, 0.25) is 0 Å². The molecule has 7 nitrogen and oxygen atoms in total. The third-order valence-electron chi connectivity index (χ3n) is 4.03. The van der Waals surface area contributed by atoms with Crippen LogP contribution in [0, 0.1) is 0 Å². The van der Waals surface area contributed by atoms with Gasteiger partial charge < -0.3 is 24.4 Å². The van der Waals surface area contributed by atoms with Crippen LogP contribution in [0.15, 0.2) is 42.7 Å². The quantitative estimate of drug-likeness (QED) is 0.904. The number of methoxy groups -OCH3 is 2. The maximum atomic E-state index is 12.5. The van der Waals surface area contributed by atoms with E-state index < -0.39 is 0 Å². The van der Waals surface area contributed by atoms with Gasteiger partial charge in [-0.15, -0.1) is 0 Å². The first-order chi connectivity index (χ1) is 12.2. The van der Waals surface area contributed by atoms with E-state index in [9.17, 15) is 4.79 Å². The number of ether oxygens (including phenoxy) is 3. The summed E-state index contributed by atoms with van der Waals surface area (Å²) in [5.41, 5.74) is 0.574. The highest BCUT2D eigenvalue weighted by Crippen LogP contribution is 2.35. The Bertz CT molecular complexity index is 724. The van der Waals surface area contributed by atoms with Crippen molar-refractivity contribution in [3.05, 3.63) is 42.7 Å². The lowest BCUT2D eigenvalue weighted by molar-refractivity contribution is 0.194. The van der Waals surface area contributed by atoms with Crippen LogP contribution < -0.4 is 19.5 Å². The van der Waals surface area contributed by atoms with Crippen LogP contribution in [0.4, 0.5) is 10.5 Å². The van der Waals surface area contributed by atoms with Crippen LogP contribution >= 0.6 is 0 Å². The molecule has 1 atom stereocenters. The van der Waals surface area contributed by atoms with Gasteiger partial charge in [0.1, 0.15) is 11.9 Å². The van der Waals surface area contributed by atoms with Crippen LogP contribution in [0.5, 0.6) is 17.2 Å². The third-order valence-corrected chi connectivity index (χ3v) is 4.03. The summed E-state index contributed by atoms with van der Waals surface area (Å²) < 4.78 is 16.5. The number of aromatic nitrogens is 1. The lowest BCUT2D eigenvalue weighted by Crippen LogP contribution is -2.34. The van der Waals surface area contributed by atoms with Gasteiger partial charge in [0.15, 0.2) is 11.5 Å². The van der Waals surface area contributed by atoms with Crippen molar-refractivity contribution in [1.29, 1.82) is 0 Å². The average Bonchev–Trinajstić information content (AvgIpc) is 3.11. The second-order valence-corrected chi connectivity index (χ2v) is 5.63. The first-order valence-corrected chi connectivity index (χ1v) is 8.05. The fourth-order valence-corrected chi connectivity index (χ4v) is 2.80. The van der Waals surface area contributed by atoms with E-state index in [-0.39, 0.29) is 12.1 Å². The number of hydrogen-bond donors (Lipinski definition) is 1. The number of amides is 2. The van der Waals surface area contributed by atoms with E-state index in [1.54, 1.807) is 49.7 Å². The van der Waals surface area contributed by atoms with Gasteiger partial charge in [-0.1, -0.05) is 6.07 Å². The van der Waals surface area contributed by atoms with Crippen LogP contribution in [0.1, 0.15) is 6.42 Å². The van der Waals surface area contributed by atoms with Gasteiger partial charge in [0.25, 0.3) is 0 Å². The van der Waals surface area contributed by atoms with Gasteiger partial charge in [0.05, 0.1) is 26.5 Å². The number of pyridine rings is 1. The Morgan fingerprint density at radius 3 is 2.72 bits per heavy atom. The molecule has 1 fully saturated rings. The highest BCUT2D eigenvalue weighted by Gasteiger charge is 2.28. The number of benzene rings is 1. The number of carbonyl (C=O) groups excluding carboxylic acids is 1. The average molecular weight is 343 g/mol. The third kappa shape index (κ3) is 3.93. The number of para-hydroxylation sites is 1. The van der Waals surface area contributed by atoms with E-state index in [0.29, 0.717) is 30.3 Å². The highest BCUT2D eigenvalue weighted by molar-refractivity contribution is 5.91. The summed E-state index contributed by atoms with van der Waals surface area (Å²) in [6.45, 7) is 1.16. The molecular formula is C18H21N3O4. The predicted molar refractivity (Wildman–Crippen MR) is 93.4 cm³/mol. The van der Waals surface area contributed by atoms with Crippen molar-refractivity contribution in [2.75, 3.05) is 32.6 Å². The molecule has 1 aliphatic rings. The number of hydrogen-bond acceptors (Lipinski definition) is 5. The second kappa shape index (κ2) is 7.74. The molecule has 0 spiro atoms. The molecule has 1 N–H and O–H groups in total. The lowest BCUT2D eigenvalue weighted by atomic mass is 10.2. The van der Waals surface area contributed by atoms with Gasteiger partial charge in [-0.25, -0.2) is 4.79 Å². The van der Waals surface area contributed by atoms with Crippen LogP contribution in [0.25, 0.3) is 0 Å². The molecule has 2 aromatic rings. The summed E-state index contributed by atoms with van der Waals surface area (Å²) in [6, 6.07) is 8.79. The number of nitrogens with one attached hydrogen (secondary N) is 1. The van der Waals surface area contributed by atoms with Gasteiger partial charge in [-0.2, -0.15) is 0 Å². The standard InChI is InChI=1S/C18H21N3O4/c1-23-16-5-3-4-15(17(16)24-2)20-18(22)21-11-8-14(12-21)25-13-6-9-19-10-7-13/h3-7,9-10,14H,8,11-12H2,1-2H3,(H,20,22)/t14-/m0/s1. The van der Waals surface area contributed by atoms with E-state index in [2.05, 4.69) is 10.3 Å². The molecule has 1 aromatic carbocycles. The van der Waals surface area contributed by atoms with Crippen LogP contribution in [0.2, 0.25) is 0 Å². The Balaban J connectivity index is 1.61. The Morgan fingerprint density at radius 2 is 2.00 bits per heavy atom. The molecule has 2 heterocycles. The van der Waals surface area contributed by atoms with Gasteiger partial charge in [-0.05, 0) is 24.3 Å². The number of rotatable bonds is 5. The molecule has 0 unspecified atom stereocenters. The first-order valence-electron chi connectivity index (χ1n) is 8.05. The Hall–Kier alpha value is -2.96. The zero-order chi connectivity index (χ0) is 17.6. The summed E-state index contributed by atoms with van der Waals surface area (Å²) >= 11 is 0. The molecule has 132 valence electrons. The van der Waals surface area contributed by atoms with E-state index in [4.69, 9.17) is 14.2 Å². The molecule has 1 aromatic heterocycles. The molecular weight excluding hydrogens is 322 g/mol. The van der Waals surface area contributed by atoms with Gasteiger partial charge in [-0.3, -0.25) is 4.98 Å². The summed E-state index contributed by atoms with van der Waals surface area (Å²) in [6.07, 6.45) is 4.12. The van der Waals surface area contributed by atoms with Crippen molar-refractivity contribution >= 4 is 11.7 Å². The summed E-state index contributed by atoms with van der Waals surface area (Å²) in [4.78, 5) is 18.2. The van der Waals surface area contributed by atoms with Gasteiger partial charge >= 0.3 is 6.03 Å². The summed E-state index contributed by atoms with van der Waals surface area (Å²) in [5, 5.41) is 2.88. The van der Waals surface area contributed by atoms with Gasteiger partial charge in [0, 0.05) is 25.4 Å². The van der Waals surface area contributed by atoms with E-state index in [1.807, 2.05) is 12.1 Å². The largest absolute Gasteiger partial charge is 0.493 e. The molecule has 0 aliphatic carbocycles. The molecule has 0 saturated carbocycles. The number of urea groups is 1. The molecule has 0 bridgehead atoms. The van der Waals surface area contributed by atoms with Crippen molar-refractivity contribution in [3.8, 4) is 17.2 Å². The van der Waals surface area contributed by atoms with Crippen molar-refractivity contribution < 1.29 is 19.0 Å². The van der Waals surface area contributed by atoms with Crippen LogP contribution in [-0.4, -0.2) is 49.3 Å². The lowest BCUT2D eigenvalue weighted by Gasteiger charge is -2.19. The number of carbonyl (C=O) groups is 1. The second-order valence-electron chi connectivity index (χ2n) is 5.63. The monoisotopic (exact) mass is 343 g/mol. The van der Waals surface area contributed by atoms with Crippen molar-refractivity contribution in [2.24, 2.45) is 0 Å². The fourth-order valence-electron chi connectivity index (χ4n) is 2.80. The minimum atomic E-state index is -0.188. The van der Waals surface area contributed by atoms with E-state index in [1.165, 1.54) is 0 Å². The number of likely N-dealkylation sites (tertiary alicyclic amines) is 1. The Kier molecular flexibility index (Phi) is 5.23. The normalized spacial score (nSPS) is 16.4. The maximum Gasteiger partial charge on any atom is 0.322 e. The number of nitrogens with zero attached hydrogens (tertiary/aromatic N) is 2. The number of anilines is 1. The fraction of sp³-hybridized carbons (Fsp3) is 0.333.